The molecule has 0 unspecified atom stereocenters. The molecule has 0 atom stereocenters. The van der Waals surface area contributed by atoms with E-state index in [1.54, 1.807) is 6.20 Å². The molecule has 0 spiro atoms. The van der Waals surface area contributed by atoms with Gasteiger partial charge in [-0.15, -0.1) is 11.3 Å². The number of nitrogens with one attached hydrogen (secondary N) is 2. The molecule has 5 nitrogen and oxygen atoms in total. The maximum atomic E-state index is 11.9. The molecule has 108 valence electrons. The van der Waals surface area contributed by atoms with E-state index in [-0.39, 0.29) is 5.91 Å². The summed E-state index contributed by atoms with van der Waals surface area (Å²) < 4.78 is 1.06. The van der Waals surface area contributed by atoms with Crippen LogP contribution in [-0.2, 0) is 11.2 Å². The van der Waals surface area contributed by atoms with Gasteiger partial charge in [-0.05, 0) is 17.7 Å². The Balaban J connectivity index is 1.63. The number of anilines is 1. The first-order valence-corrected chi connectivity index (χ1v) is 8.10. The van der Waals surface area contributed by atoms with Crippen molar-refractivity contribution in [2.75, 3.05) is 18.4 Å². The highest BCUT2D eigenvalue weighted by molar-refractivity contribution is 9.10. The van der Waals surface area contributed by atoms with Crippen molar-refractivity contribution in [2.45, 2.75) is 6.42 Å². The Kier molecular flexibility index (Phi) is 4.31. The Morgan fingerprint density at radius 2 is 2.19 bits per heavy atom. The molecule has 0 radical (unpaired) electrons. The number of amidine groups is 1. The molecule has 0 bridgehead atoms. The summed E-state index contributed by atoms with van der Waals surface area (Å²) in [5.74, 6) is 0.164. The van der Waals surface area contributed by atoms with E-state index in [2.05, 4.69) is 48.7 Å². The van der Waals surface area contributed by atoms with E-state index in [9.17, 15) is 4.79 Å². The second-order valence-electron chi connectivity index (χ2n) is 4.55. The monoisotopic (exact) mass is 364 g/mol. The third-order valence-corrected chi connectivity index (χ3v) is 4.40. The fourth-order valence-corrected chi connectivity index (χ4v) is 3.06. The first-order chi connectivity index (χ1) is 10.2. The van der Waals surface area contributed by atoms with Gasteiger partial charge in [0.1, 0.15) is 0 Å². The second-order valence-corrected chi connectivity index (χ2v) is 6.58. The normalized spacial score (nSPS) is 13.7. The molecule has 1 aliphatic heterocycles. The highest BCUT2D eigenvalue weighted by atomic mass is 79.9. The minimum atomic E-state index is -0.225. The molecular formula is C14H13BrN4OS. The Morgan fingerprint density at radius 3 is 2.90 bits per heavy atom. The molecule has 0 aliphatic carbocycles. The predicted molar refractivity (Wildman–Crippen MR) is 88.0 cm³/mol. The standard InChI is InChI=1S/C14H13BrN4OS/c15-10-3-1-9(2-4-10)7-11-8-18-14(21-11)19-13(20)12-16-5-6-17-12/h1-4,8H,5-7H2,(H,16,17)(H,18,19,20). The van der Waals surface area contributed by atoms with Gasteiger partial charge >= 0.3 is 0 Å². The Hall–Kier alpha value is -1.73. The minimum absolute atomic E-state index is 0.225. The summed E-state index contributed by atoms with van der Waals surface area (Å²) in [6.07, 6.45) is 2.60. The summed E-state index contributed by atoms with van der Waals surface area (Å²) in [5, 5.41) is 6.31. The number of nitrogens with zero attached hydrogens (tertiary/aromatic N) is 2. The molecule has 1 aromatic carbocycles. The van der Waals surface area contributed by atoms with Crippen LogP contribution in [-0.4, -0.2) is 29.8 Å². The zero-order valence-corrected chi connectivity index (χ0v) is 13.5. The van der Waals surface area contributed by atoms with Crippen LogP contribution < -0.4 is 10.6 Å². The van der Waals surface area contributed by atoms with Crippen molar-refractivity contribution in [3.63, 3.8) is 0 Å². The summed E-state index contributed by atoms with van der Waals surface area (Å²) in [4.78, 5) is 21.3. The maximum Gasteiger partial charge on any atom is 0.292 e. The summed E-state index contributed by atoms with van der Waals surface area (Å²) in [7, 11) is 0. The molecular weight excluding hydrogens is 352 g/mol. The van der Waals surface area contributed by atoms with Gasteiger partial charge in [0.2, 0.25) is 0 Å². The maximum absolute atomic E-state index is 11.9. The quantitative estimate of drug-likeness (QED) is 0.875. The highest BCUT2D eigenvalue weighted by Gasteiger charge is 2.16. The lowest BCUT2D eigenvalue weighted by atomic mass is 10.1. The Bertz CT molecular complexity index is 681. The van der Waals surface area contributed by atoms with Gasteiger partial charge in [-0.25, -0.2) is 4.98 Å². The molecule has 1 aliphatic rings. The number of aromatic nitrogens is 1. The van der Waals surface area contributed by atoms with Crippen molar-refractivity contribution < 1.29 is 4.79 Å². The van der Waals surface area contributed by atoms with Crippen molar-refractivity contribution in [3.05, 3.63) is 45.4 Å². The number of aliphatic imine (C=N–C) groups is 1. The Labute approximate surface area is 134 Å². The molecule has 7 heteroatoms. The average molecular weight is 365 g/mol. The fraction of sp³-hybridized carbons (Fsp3) is 0.214. The smallest absolute Gasteiger partial charge is 0.292 e. The first-order valence-electron chi connectivity index (χ1n) is 6.49. The van der Waals surface area contributed by atoms with E-state index in [1.165, 1.54) is 16.9 Å². The zero-order valence-electron chi connectivity index (χ0n) is 11.1. The largest absolute Gasteiger partial charge is 0.364 e. The number of benzene rings is 1. The lowest BCUT2D eigenvalue weighted by molar-refractivity contribution is -0.110. The number of amides is 1. The summed E-state index contributed by atoms with van der Waals surface area (Å²) >= 11 is 4.90. The number of thiazole rings is 1. The summed E-state index contributed by atoms with van der Waals surface area (Å²) in [6, 6.07) is 8.17. The predicted octanol–water partition coefficient (Wildman–Crippen LogP) is 2.44. The van der Waals surface area contributed by atoms with Crippen LogP contribution in [0.4, 0.5) is 5.13 Å². The molecule has 1 amide bonds. The molecule has 2 aromatic rings. The lowest BCUT2D eigenvalue weighted by Gasteiger charge is -2.01. The van der Waals surface area contributed by atoms with Crippen molar-refractivity contribution in [2.24, 2.45) is 4.99 Å². The molecule has 0 fully saturated rings. The van der Waals surface area contributed by atoms with Crippen LogP contribution in [0.5, 0.6) is 0 Å². The van der Waals surface area contributed by atoms with Gasteiger partial charge in [0.05, 0.1) is 6.54 Å². The van der Waals surface area contributed by atoms with Gasteiger partial charge in [0, 0.05) is 28.5 Å². The molecule has 0 saturated carbocycles. The molecule has 0 saturated heterocycles. The number of carbonyl (C=O) groups is 1. The summed E-state index contributed by atoms with van der Waals surface area (Å²) in [5.41, 5.74) is 1.21. The number of halogens is 1. The number of hydrogen-bond donors (Lipinski definition) is 2. The van der Waals surface area contributed by atoms with E-state index in [1.807, 2.05) is 12.1 Å². The van der Waals surface area contributed by atoms with Gasteiger partial charge < -0.3 is 5.32 Å². The van der Waals surface area contributed by atoms with E-state index in [0.717, 1.165) is 22.3 Å². The van der Waals surface area contributed by atoms with Crippen molar-refractivity contribution >= 4 is 44.1 Å². The van der Waals surface area contributed by atoms with E-state index in [4.69, 9.17) is 0 Å². The number of carbonyl (C=O) groups excluding carboxylic acids is 1. The average Bonchev–Trinajstić information content (AvgIpc) is 3.13. The molecule has 2 heterocycles. The van der Waals surface area contributed by atoms with Crippen molar-refractivity contribution in [1.82, 2.24) is 10.3 Å². The SMILES string of the molecule is O=C(Nc1ncc(Cc2ccc(Br)cc2)s1)C1=NCCN1. The van der Waals surface area contributed by atoms with Gasteiger partial charge in [-0.1, -0.05) is 28.1 Å². The zero-order chi connectivity index (χ0) is 14.7. The topological polar surface area (TPSA) is 66.4 Å². The summed E-state index contributed by atoms with van der Waals surface area (Å²) in [6.45, 7) is 1.37. The molecule has 1 aromatic heterocycles. The van der Waals surface area contributed by atoms with Crippen molar-refractivity contribution in [1.29, 1.82) is 0 Å². The van der Waals surface area contributed by atoms with Gasteiger partial charge in [0.15, 0.2) is 11.0 Å². The Morgan fingerprint density at radius 1 is 1.38 bits per heavy atom. The van der Waals surface area contributed by atoms with Gasteiger partial charge in [-0.3, -0.25) is 15.1 Å². The van der Waals surface area contributed by atoms with Crippen LogP contribution >= 0.6 is 27.3 Å². The van der Waals surface area contributed by atoms with E-state index < -0.39 is 0 Å². The van der Waals surface area contributed by atoms with Crippen LogP contribution in [0.1, 0.15) is 10.4 Å². The third kappa shape index (κ3) is 3.68. The van der Waals surface area contributed by atoms with E-state index in [0.29, 0.717) is 17.5 Å². The van der Waals surface area contributed by atoms with Gasteiger partial charge in [0.25, 0.3) is 5.91 Å². The third-order valence-electron chi connectivity index (χ3n) is 2.95. The van der Waals surface area contributed by atoms with Crippen LogP contribution in [0.2, 0.25) is 0 Å². The molecule has 3 rings (SSSR count). The van der Waals surface area contributed by atoms with Crippen LogP contribution in [0.25, 0.3) is 0 Å². The van der Waals surface area contributed by atoms with Gasteiger partial charge in [-0.2, -0.15) is 0 Å². The van der Waals surface area contributed by atoms with Crippen LogP contribution in [0.3, 0.4) is 0 Å². The van der Waals surface area contributed by atoms with E-state index >= 15 is 0 Å². The second kappa shape index (κ2) is 6.36. The fourth-order valence-electron chi connectivity index (χ4n) is 1.96. The molecule has 21 heavy (non-hydrogen) atoms. The number of hydrogen-bond acceptors (Lipinski definition) is 5. The lowest BCUT2D eigenvalue weighted by Crippen LogP contribution is -2.32. The van der Waals surface area contributed by atoms with Crippen LogP contribution in [0, 0.1) is 0 Å². The van der Waals surface area contributed by atoms with Crippen LogP contribution in [0.15, 0.2) is 39.9 Å². The minimum Gasteiger partial charge on any atom is -0.364 e. The van der Waals surface area contributed by atoms with Crippen molar-refractivity contribution in [3.8, 4) is 0 Å². The first kappa shape index (κ1) is 14.2. The highest BCUT2D eigenvalue weighted by Crippen LogP contribution is 2.22. The number of rotatable bonds is 4. The molecule has 2 N–H and O–H groups in total.